The Morgan fingerprint density at radius 2 is 1.74 bits per heavy atom. The normalized spacial score (nSPS) is 22.0. The van der Waals surface area contributed by atoms with Gasteiger partial charge in [0.05, 0.1) is 40.3 Å². The summed E-state index contributed by atoms with van der Waals surface area (Å²) in [6, 6.07) is 24.1. The van der Waals surface area contributed by atoms with Crippen molar-refractivity contribution in [2.45, 2.75) is 133 Å². The molecule has 0 unspecified atom stereocenters. The summed E-state index contributed by atoms with van der Waals surface area (Å²) in [5.74, 6) is 0.370. The predicted molar refractivity (Wildman–Crippen MR) is 302 cm³/mol. The number of ether oxygens (including phenoxy) is 4. The van der Waals surface area contributed by atoms with E-state index in [2.05, 4.69) is 77.6 Å². The molecule has 2 N–H and O–H groups in total. The number of carbonyl (C=O) groups is 1. The zero-order valence-electron chi connectivity index (χ0n) is 45.4. The lowest BCUT2D eigenvalue weighted by Crippen LogP contribution is -2.55. The number of benzene rings is 3. The molecule has 412 valence electrons. The van der Waals surface area contributed by atoms with Crippen molar-refractivity contribution < 1.29 is 37.1 Å². The smallest absolute Gasteiger partial charge is 0.293 e. The first-order valence-electron chi connectivity index (χ1n) is 28.0. The summed E-state index contributed by atoms with van der Waals surface area (Å²) in [4.78, 5) is 38.6. The number of carbonyl (C=O) groups excluding carboxylic acids is 1. The Bertz CT molecular complexity index is 3090. The van der Waals surface area contributed by atoms with Gasteiger partial charge in [-0.1, -0.05) is 57.8 Å². The van der Waals surface area contributed by atoms with E-state index in [1.54, 1.807) is 6.07 Å². The topological polar surface area (TPSA) is 183 Å². The van der Waals surface area contributed by atoms with Crippen LogP contribution >= 0.6 is 0 Å². The molecule has 17 nitrogen and oxygen atoms in total. The maximum atomic E-state index is 14.8. The monoisotopic (exact) mass is 1090 g/mol. The maximum Gasteiger partial charge on any atom is 0.293 e. The number of pyridine rings is 1. The van der Waals surface area contributed by atoms with E-state index in [9.17, 15) is 23.3 Å². The van der Waals surface area contributed by atoms with Gasteiger partial charge in [-0.05, 0) is 141 Å². The first-order valence-corrected chi connectivity index (χ1v) is 33.2. The number of nitro benzene ring substituents is 1. The third-order valence-corrected chi connectivity index (χ3v) is 20.2. The molecule has 77 heavy (non-hydrogen) atoms. The number of nitrogens with one attached hydrogen (secondary N) is 2. The molecule has 19 heteroatoms. The lowest BCUT2D eigenvalue weighted by molar-refractivity contribution is -0.384. The molecule has 4 saturated heterocycles. The number of hydrogen-bond donors (Lipinski definition) is 2. The Morgan fingerprint density at radius 1 is 0.948 bits per heavy atom. The number of rotatable bonds is 18. The van der Waals surface area contributed by atoms with Crippen LogP contribution in [0.5, 0.6) is 5.88 Å². The van der Waals surface area contributed by atoms with E-state index >= 15 is 0 Å². The standard InChI is InChI=1S/C58H76N8O9SSi/c1-39(2)29-41-9-6-7-10-46(41)49-11-8-21-64(49)44-33-58(34-44)19-23-62(24-20-58)43-12-14-47(56(67)61-76(70,71)45-13-15-48(51(32-45)66(68)69)59-35-40-17-25-72-26-18-40)50(31-43)65-52-30-42-16-22-63(38-73-27-28-77(3,4)5)55(42)60-57(52)75-54-37-74-36-53(54)65/h6-7,9-10,12-16,22,30-32,39-40,44,49,53-54,59H,8,11,17-21,23-29,33-38H2,1-5H3,(H,61,67)/t49-,53+,54+/m0/s1. The molecule has 5 aliphatic heterocycles. The number of nitrogens with zero attached hydrogens (tertiary/aromatic N) is 6. The van der Waals surface area contributed by atoms with Gasteiger partial charge in [-0.25, -0.2) is 13.1 Å². The molecule has 1 spiro atoms. The van der Waals surface area contributed by atoms with E-state index in [0.29, 0.717) is 87.2 Å². The minimum Gasteiger partial charge on any atom is -0.468 e. The van der Waals surface area contributed by atoms with Gasteiger partial charge in [0.1, 0.15) is 29.9 Å². The second-order valence-electron chi connectivity index (χ2n) is 24.2. The van der Waals surface area contributed by atoms with Crippen molar-refractivity contribution in [3.63, 3.8) is 0 Å². The van der Waals surface area contributed by atoms with Gasteiger partial charge in [0.15, 0.2) is 0 Å². The molecule has 3 atom stereocenters. The van der Waals surface area contributed by atoms with Gasteiger partial charge in [-0.3, -0.25) is 19.8 Å². The molecule has 3 aromatic carbocycles. The number of anilines is 4. The van der Waals surface area contributed by atoms with Crippen molar-refractivity contribution >= 4 is 63.5 Å². The van der Waals surface area contributed by atoms with Crippen molar-refractivity contribution in [3.8, 4) is 5.88 Å². The molecule has 6 aliphatic rings. The van der Waals surface area contributed by atoms with Crippen LogP contribution in [0, 0.1) is 27.4 Å². The minimum atomic E-state index is -4.62. The fourth-order valence-corrected chi connectivity index (χ4v) is 14.6. The molecule has 2 aromatic heterocycles. The summed E-state index contributed by atoms with van der Waals surface area (Å²) >= 11 is 0. The summed E-state index contributed by atoms with van der Waals surface area (Å²) in [7, 11) is -5.91. The highest BCUT2D eigenvalue weighted by atomic mass is 32.2. The fourth-order valence-electron chi connectivity index (χ4n) is 12.9. The Kier molecular flexibility index (Phi) is 15.2. The van der Waals surface area contributed by atoms with E-state index in [4.69, 9.17) is 23.9 Å². The molecule has 0 radical (unpaired) electrons. The maximum absolute atomic E-state index is 14.8. The number of sulfonamides is 1. The number of likely N-dealkylation sites (tertiary alicyclic amines) is 1. The Morgan fingerprint density at radius 3 is 2.51 bits per heavy atom. The first kappa shape index (κ1) is 53.4. The van der Waals surface area contributed by atoms with E-state index in [-0.39, 0.29) is 28.6 Å². The number of aromatic nitrogens is 2. The molecule has 1 aliphatic carbocycles. The number of piperidine rings is 1. The SMILES string of the molecule is CC(C)Cc1ccccc1[C@@H]1CCCN1C1CC2(CCN(c3ccc(C(=O)NS(=O)(=O)c4ccc(NCC5CCOCC5)c([N+](=O)[O-])c4)c(N4c5cc6ccn(COCC[Si](C)(C)C)c6nc5O[C@@H]5COC[C@H]54)c3)CC2)C1. The third kappa shape index (κ3) is 11.4. The Balaban J connectivity index is 0.875. The average molecular weight is 1090 g/mol. The van der Waals surface area contributed by atoms with E-state index < -0.39 is 45.6 Å². The van der Waals surface area contributed by atoms with Gasteiger partial charge in [0.2, 0.25) is 5.88 Å². The van der Waals surface area contributed by atoms with Gasteiger partial charge in [0, 0.05) is 82.9 Å². The number of fused-ring (bicyclic) bond motifs is 3. The lowest BCUT2D eigenvalue weighted by atomic mass is 9.59. The largest absolute Gasteiger partial charge is 0.468 e. The highest BCUT2D eigenvalue weighted by Crippen LogP contribution is 2.55. The molecular weight excluding hydrogens is 1010 g/mol. The van der Waals surface area contributed by atoms with Crippen molar-refractivity contribution in [1.82, 2.24) is 19.2 Å². The van der Waals surface area contributed by atoms with Crippen molar-refractivity contribution in [3.05, 3.63) is 106 Å². The number of amides is 1. The van der Waals surface area contributed by atoms with Crippen LogP contribution in [0.1, 0.15) is 92.7 Å². The van der Waals surface area contributed by atoms with E-state index in [1.165, 1.54) is 48.9 Å². The molecule has 0 bridgehead atoms. The number of nitro groups is 1. The van der Waals surface area contributed by atoms with E-state index in [0.717, 1.165) is 74.9 Å². The average Bonchev–Trinajstić information content (AvgIpc) is 4.23. The molecule has 5 fully saturated rings. The van der Waals surface area contributed by atoms with Gasteiger partial charge in [0.25, 0.3) is 21.6 Å². The Hall–Kier alpha value is -5.57. The molecule has 5 aromatic rings. The summed E-state index contributed by atoms with van der Waals surface area (Å²) in [6.07, 6.45) is 11.2. The van der Waals surface area contributed by atoms with Gasteiger partial charge in [-0.2, -0.15) is 4.98 Å². The van der Waals surface area contributed by atoms with E-state index in [1.807, 2.05) is 39.9 Å². The summed E-state index contributed by atoms with van der Waals surface area (Å²) in [6.45, 7) is 17.7. The molecule has 1 saturated carbocycles. The van der Waals surface area contributed by atoms with Crippen LogP contribution in [0.15, 0.2) is 83.9 Å². The van der Waals surface area contributed by atoms with Crippen molar-refractivity contribution in [2.24, 2.45) is 17.3 Å². The number of hydrogen-bond acceptors (Lipinski definition) is 14. The highest BCUT2D eigenvalue weighted by molar-refractivity contribution is 7.90. The van der Waals surface area contributed by atoms with Crippen LogP contribution in [0.2, 0.25) is 25.7 Å². The fraction of sp³-hybridized carbons (Fsp3) is 0.552. The van der Waals surface area contributed by atoms with Crippen LogP contribution in [0.3, 0.4) is 0 Å². The van der Waals surface area contributed by atoms with Gasteiger partial charge in [-0.15, -0.1) is 0 Å². The van der Waals surface area contributed by atoms with Crippen LogP contribution in [-0.4, -0.2) is 119 Å². The molecule has 7 heterocycles. The highest BCUT2D eigenvalue weighted by Gasteiger charge is 2.50. The third-order valence-electron chi connectivity index (χ3n) is 17.2. The first-order chi connectivity index (χ1) is 37.0. The predicted octanol–water partition coefficient (Wildman–Crippen LogP) is 10.3. The van der Waals surface area contributed by atoms with Crippen LogP contribution < -0.4 is 24.6 Å². The van der Waals surface area contributed by atoms with Crippen molar-refractivity contribution in [1.29, 1.82) is 0 Å². The van der Waals surface area contributed by atoms with Crippen LogP contribution in [-0.2, 0) is 37.4 Å². The van der Waals surface area contributed by atoms with Crippen LogP contribution in [0.4, 0.5) is 28.4 Å². The quantitative estimate of drug-likeness (QED) is 0.0366. The zero-order chi connectivity index (χ0) is 53.6. The molecule has 11 rings (SSSR count). The summed E-state index contributed by atoms with van der Waals surface area (Å²) < 4.78 is 57.1. The lowest BCUT2D eigenvalue weighted by Gasteiger charge is -2.56. The van der Waals surface area contributed by atoms with Crippen molar-refractivity contribution in [2.75, 3.05) is 74.3 Å². The minimum absolute atomic E-state index is 0.110. The molecular formula is C58H76N8O9SSi. The summed E-state index contributed by atoms with van der Waals surface area (Å²) in [5.41, 5.74) is 5.93. The summed E-state index contributed by atoms with van der Waals surface area (Å²) in [5, 5.41) is 16.4. The van der Waals surface area contributed by atoms with Gasteiger partial charge >= 0.3 is 0 Å². The van der Waals surface area contributed by atoms with Gasteiger partial charge < -0.3 is 38.6 Å². The van der Waals surface area contributed by atoms with Crippen LogP contribution in [0.25, 0.3) is 11.0 Å². The zero-order valence-corrected chi connectivity index (χ0v) is 47.2. The second kappa shape index (κ2) is 21.9. The molecule has 1 amide bonds. The second-order valence-corrected chi connectivity index (χ2v) is 31.5. The Labute approximate surface area is 454 Å².